The van der Waals surface area contributed by atoms with E-state index in [0.29, 0.717) is 13.0 Å². The van der Waals surface area contributed by atoms with Gasteiger partial charge < -0.3 is 97.0 Å². The highest BCUT2D eigenvalue weighted by Crippen LogP contribution is 2.11. The highest BCUT2D eigenvalue weighted by Gasteiger charge is 2.30. The smallest absolute Gasteiger partial charge is 0.320 e. The zero-order valence-electron chi connectivity index (χ0n) is 42.4. The van der Waals surface area contributed by atoms with E-state index in [1.807, 2.05) is 0 Å². The quantitative estimate of drug-likeness (QED) is 0.0162. The van der Waals surface area contributed by atoms with Crippen molar-refractivity contribution in [2.45, 2.75) is 59.8 Å². The van der Waals surface area contributed by atoms with Crippen LogP contribution in [0.4, 0.5) is 0 Å². The van der Waals surface area contributed by atoms with Crippen LogP contribution in [0.3, 0.4) is 0 Å². The summed E-state index contributed by atoms with van der Waals surface area (Å²) in [5.74, 6) is -12.4. The van der Waals surface area contributed by atoms with Gasteiger partial charge in [-0.25, -0.2) is 0 Å². The molecule has 0 rings (SSSR count). The first kappa shape index (κ1) is 75.2. The van der Waals surface area contributed by atoms with E-state index in [4.69, 9.17) is 73.3 Å². The van der Waals surface area contributed by atoms with Gasteiger partial charge in [-0.1, -0.05) is 0 Å². The van der Waals surface area contributed by atoms with E-state index < -0.39 is 71.4 Å². The van der Waals surface area contributed by atoms with E-state index in [-0.39, 0.29) is 132 Å². The van der Waals surface area contributed by atoms with Crippen molar-refractivity contribution in [2.24, 2.45) is 29.6 Å². The van der Waals surface area contributed by atoms with Crippen LogP contribution in [0.15, 0.2) is 0 Å². The molecule has 0 unspecified atom stereocenters. The van der Waals surface area contributed by atoms with Crippen LogP contribution < -0.4 is 0 Å². The number of ether oxygens (including phenoxy) is 14. The van der Waals surface area contributed by atoms with Crippen LogP contribution in [0.5, 0.6) is 0 Å². The molecule has 0 aromatic rings. The number of hydrogen-bond donors (Lipinski definition) is 6. The summed E-state index contributed by atoms with van der Waals surface area (Å²) in [6.45, 7) is 9.33. The molecule has 71 heavy (non-hydrogen) atoms. The van der Waals surface area contributed by atoms with Crippen LogP contribution in [-0.4, -0.2) is 221 Å². The Morgan fingerprint density at radius 2 is 0.535 bits per heavy atom. The highest BCUT2D eigenvalue weighted by atomic mass is 16.7. The van der Waals surface area contributed by atoms with Gasteiger partial charge in [-0.2, -0.15) is 0 Å². The van der Waals surface area contributed by atoms with Gasteiger partial charge in [-0.15, -0.1) is 0 Å². The Labute approximate surface area is 414 Å². The summed E-state index contributed by atoms with van der Waals surface area (Å²) in [5.41, 5.74) is 0. The number of carbonyl (C=O) groups is 8. The summed E-state index contributed by atoms with van der Waals surface area (Å²) in [4.78, 5) is 87.4. The Bertz CT molecular complexity index is 1180. The molecule has 6 N–H and O–H groups in total. The third kappa shape index (κ3) is 48.7. The van der Waals surface area contributed by atoms with Crippen molar-refractivity contribution >= 4 is 47.8 Å². The van der Waals surface area contributed by atoms with Crippen LogP contribution in [-0.2, 0) is 105 Å². The first-order valence-corrected chi connectivity index (χ1v) is 22.0. The molecular weight excluding hydrogens is 964 g/mol. The lowest BCUT2D eigenvalue weighted by Crippen LogP contribution is -2.29. The maximum absolute atomic E-state index is 11.5. The van der Waals surface area contributed by atoms with Gasteiger partial charge in [0.2, 0.25) is 0 Å². The molecule has 0 aliphatic heterocycles. The van der Waals surface area contributed by atoms with Gasteiger partial charge in [-0.05, 0) is 59.8 Å². The maximum Gasteiger partial charge on any atom is 0.320 e. The second kappa shape index (κ2) is 56.2. The minimum absolute atomic E-state index is 0.00679. The second-order valence-electron chi connectivity index (χ2n) is 13.3. The summed E-state index contributed by atoms with van der Waals surface area (Å²) in [6.07, 6.45) is 0.987. The zero-order chi connectivity index (χ0) is 55.3. The van der Waals surface area contributed by atoms with Crippen molar-refractivity contribution in [1.29, 1.82) is 0 Å². The molecule has 0 saturated carbocycles. The van der Waals surface area contributed by atoms with Gasteiger partial charge in [-0.3, -0.25) is 38.4 Å². The molecule has 0 radical (unpaired) electrons. The number of aliphatic hydroxyl groups is 2. The minimum atomic E-state index is -1.41. The predicted molar refractivity (Wildman–Crippen MR) is 241 cm³/mol. The van der Waals surface area contributed by atoms with Gasteiger partial charge in [0, 0.05) is 61.3 Å². The fraction of sp³-hybridized carbons (Fsp3) is 0.814. The molecule has 0 aromatic heterocycles. The summed E-state index contributed by atoms with van der Waals surface area (Å²) >= 11 is 0. The molecule has 28 nitrogen and oxygen atoms in total. The summed E-state index contributed by atoms with van der Waals surface area (Å²) in [7, 11) is 7.38. The standard InChI is InChI=1S/2C11H20O6.2C7H12O6.C7H16O4/c2*1-4-16-10(12)9(11(13)17-5-2)6-7-15-8-14-3;2*1-12-4-13-3-2-5(6(8)9)7(10)11;1-10-6-11-3-2-7(4-8)5-9/h2*9H,4-8H2,1-3H3;2*5H,2-4H2,1H3,(H,8,9)(H,10,11);7-9H,2-6H2,1H3. The number of hydrogen-bond acceptors (Lipinski definition) is 24. The molecular formula is C43H80O28. The van der Waals surface area contributed by atoms with Crippen LogP contribution in [0, 0.1) is 29.6 Å². The lowest BCUT2D eigenvalue weighted by Gasteiger charge is -2.14. The molecule has 0 aliphatic rings. The van der Waals surface area contributed by atoms with Crippen LogP contribution in [0.25, 0.3) is 0 Å². The van der Waals surface area contributed by atoms with Gasteiger partial charge >= 0.3 is 47.8 Å². The SMILES string of the molecule is CCOC(=O)C(CCOCOC)C(=O)OCC.CCOC(=O)C(CCOCOC)C(=O)OCC.COCOCCC(C(=O)O)C(=O)O.COCOCCC(C(=O)O)C(=O)O.COCOCCC(CO)CO. The van der Waals surface area contributed by atoms with Gasteiger partial charge in [0.25, 0.3) is 0 Å². The Morgan fingerprint density at radius 1 is 0.338 bits per heavy atom. The van der Waals surface area contributed by atoms with Crippen molar-refractivity contribution < 1.29 is 135 Å². The maximum atomic E-state index is 11.5. The third-order valence-corrected chi connectivity index (χ3v) is 7.87. The molecule has 0 aliphatic carbocycles. The van der Waals surface area contributed by atoms with Gasteiger partial charge in [0.1, 0.15) is 34.0 Å². The average Bonchev–Trinajstić information content (AvgIpc) is 3.32. The Morgan fingerprint density at radius 3 is 0.704 bits per heavy atom. The normalized spacial score (nSPS) is 10.4. The number of carboxylic acids is 4. The van der Waals surface area contributed by atoms with Crippen molar-refractivity contribution in [3.63, 3.8) is 0 Å². The monoisotopic (exact) mass is 1040 g/mol. The molecule has 0 saturated heterocycles. The van der Waals surface area contributed by atoms with E-state index >= 15 is 0 Å². The van der Waals surface area contributed by atoms with Crippen molar-refractivity contribution in [2.75, 3.05) is 142 Å². The number of aliphatic hydroxyl groups excluding tert-OH is 2. The number of carbonyl (C=O) groups excluding carboxylic acids is 4. The number of aliphatic carboxylic acids is 4. The summed E-state index contributed by atoms with van der Waals surface area (Å²) in [5, 5.41) is 51.0. The molecule has 0 atom stereocenters. The van der Waals surface area contributed by atoms with Gasteiger partial charge in [0.15, 0.2) is 23.7 Å². The first-order chi connectivity index (χ1) is 33.9. The van der Waals surface area contributed by atoms with E-state index in [1.165, 1.54) is 28.4 Å². The van der Waals surface area contributed by atoms with E-state index in [9.17, 15) is 38.4 Å². The number of esters is 4. The molecule has 0 aromatic carbocycles. The van der Waals surface area contributed by atoms with Crippen LogP contribution >= 0.6 is 0 Å². The Balaban J connectivity index is -0.000000258. The highest BCUT2D eigenvalue weighted by molar-refractivity contribution is 5.95. The lowest BCUT2D eigenvalue weighted by atomic mass is 10.1. The third-order valence-electron chi connectivity index (χ3n) is 7.87. The van der Waals surface area contributed by atoms with E-state index in [0.717, 1.165) is 0 Å². The summed E-state index contributed by atoms with van der Waals surface area (Å²) in [6, 6.07) is 0. The zero-order valence-corrected chi connectivity index (χ0v) is 42.4. The first-order valence-electron chi connectivity index (χ1n) is 22.0. The van der Waals surface area contributed by atoms with Crippen LogP contribution in [0.1, 0.15) is 59.8 Å². The van der Waals surface area contributed by atoms with Crippen molar-refractivity contribution in [1.82, 2.24) is 0 Å². The second-order valence-corrected chi connectivity index (χ2v) is 13.3. The van der Waals surface area contributed by atoms with Crippen molar-refractivity contribution in [3.05, 3.63) is 0 Å². The lowest BCUT2D eigenvalue weighted by molar-refractivity contribution is -0.164. The number of rotatable bonds is 39. The largest absolute Gasteiger partial charge is 0.481 e. The number of methoxy groups -OCH3 is 5. The van der Waals surface area contributed by atoms with Crippen LogP contribution in [0.2, 0.25) is 0 Å². The molecule has 420 valence electrons. The minimum Gasteiger partial charge on any atom is -0.481 e. The number of carboxylic acid groups (broad SMARTS) is 4. The van der Waals surface area contributed by atoms with Gasteiger partial charge in [0.05, 0.1) is 52.9 Å². The Hall–Kier alpha value is -4.72. The topological polar surface area (TPSA) is 387 Å². The van der Waals surface area contributed by atoms with E-state index in [2.05, 4.69) is 23.7 Å². The fourth-order valence-electron chi connectivity index (χ4n) is 4.35. The molecule has 0 amide bonds. The average molecular weight is 1050 g/mol. The summed E-state index contributed by atoms with van der Waals surface area (Å²) < 4.78 is 66.8. The molecule has 28 heteroatoms. The molecule has 0 heterocycles. The molecule has 0 bridgehead atoms. The van der Waals surface area contributed by atoms with Crippen molar-refractivity contribution in [3.8, 4) is 0 Å². The predicted octanol–water partition coefficient (Wildman–Crippen LogP) is 0.641. The van der Waals surface area contributed by atoms with E-state index in [1.54, 1.807) is 34.8 Å². The molecule has 0 fully saturated rings. The fourth-order valence-corrected chi connectivity index (χ4v) is 4.35. The Kier molecular flexibility index (Phi) is 59.5. The molecule has 0 spiro atoms.